The van der Waals surface area contributed by atoms with Gasteiger partial charge in [0.05, 0.1) is 0 Å². The van der Waals surface area contributed by atoms with Crippen molar-refractivity contribution in [3.63, 3.8) is 0 Å². The Hall–Kier alpha value is -1.02. The predicted octanol–water partition coefficient (Wildman–Crippen LogP) is 2.72. The van der Waals surface area contributed by atoms with Gasteiger partial charge in [0.25, 0.3) is 0 Å². The van der Waals surface area contributed by atoms with Gasteiger partial charge in [-0.1, -0.05) is 31.0 Å². The number of nitrogens with one attached hydrogen (secondary N) is 1. The van der Waals surface area contributed by atoms with Crippen molar-refractivity contribution in [2.75, 3.05) is 12.3 Å². The van der Waals surface area contributed by atoms with Gasteiger partial charge in [-0.25, -0.2) is 0 Å². The number of anilines is 1. The molecular formula is C14H20N2. The Balaban J connectivity index is 1.88. The maximum absolute atomic E-state index is 6.08. The minimum absolute atomic E-state index is 0.506. The van der Waals surface area contributed by atoms with Gasteiger partial charge in [-0.05, 0) is 42.9 Å². The lowest BCUT2D eigenvalue weighted by atomic mass is 9.76. The third-order valence-corrected chi connectivity index (χ3v) is 4.33. The second-order valence-corrected chi connectivity index (χ2v) is 5.22. The van der Waals surface area contributed by atoms with Crippen LogP contribution in [0.1, 0.15) is 37.3 Å². The number of benzene rings is 1. The Morgan fingerprint density at radius 1 is 1.12 bits per heavy atom. The normalized spacial score (nSPS) is 33.6. The summed E-state index contributed by atoms with van der Waals surface area (Å²) in [7, 11) is 0. The summed E-state index contributed by atoms with van der Waals surface area (Å²) < 4.78 is 0. The quantitative estimate of drug-likeness (QED) is 0.708. The summed E-state index contributed by atoms with van der Waals surface area (Å²) in [4.78, 5) is 0. The first-order valence-electron chi connectivity index (χ1n) is 6.44. The fourth-order valence-electron chi connectivity index (χ4n) is 3.49. The standard InChI is InChI=1S/C14H20N2/c15-13-8-4-3-7-12(13)14-11-6-2-1-5-10(11)9-16-14/h3-4,7-8,10-11,14,16H,1-2,5-6,9,15H2. The van der Waals surface area contributed by atoms with Crippen LogP contribution in [-0.2, 0) is 0 Å². The summed E-state index contributed by atoms with van der Waals surface area (Å²) in [5.41, 5.74) is 8.35. The summed E-state index contributed by atoms with van der Waals surface area (Å²) in [6.07, 6.45) is 5.59. The monoisotopic (exact) mass is 216 g/mol. The molecule has 3 rings (SSSR count). The molecule has 3 N–H and O–H groups in total. The molecule has 0 amide bonds. The highest BCUT2D eigenvalue weighted by atomic mass is 15.0. The highest BCUT2D eigenvalue weighted by Crippen LogP contribution is 2.43. The molecule has 1 aliphatic heterocycles. The average Bonchev–Trinajstić information content (AvgIpc) is 2.74. The highest BCUT2D eigenvalue weighted by Gasteiger charge is 2.38. The molecule has 0 aromatic heterocycles. The predicted molar refractivity (Wildman–Crippen MR) is 67.0 cm³/mol. The molecule has 0 bridgehead atoms. The van der Waals surface area contributed by atoms with E-state index in [-0.39, 0.29) is 0 Å². The first kappa shape index (κ1) is 10.2. The minimum atomic E-state index is 0.506. The number of fused-ring (bicyclic) bond motifs is 1. The van der Waals surface area contributed by atoms with Crippen molar-refractivity contribution in [3.05, 3.63) is 29.8 Å². The molecule has 1 aromatic carbocycles. The molecule has 3 unspecified atom stereocenters. The largest absolute Gasteiger partial charge is 0.398 e. The Morgan fingerprint density at radius 2 is 1.94 bits per heavy atom. The molecule has 2 heteroatoms. The lowest BCUT2D eigenvalue weighted by Crippen LogP contribution is -2.21. The average molecular weight is 216 g/mol. The summed E-state index contributed by atoms with van der Waals surface area (Å²) in [6.45, 7) is 1.18. The number of nitrogens with two attached hydrogens (primary N) is 1. The molecule has 86 valence electrons. The second kappa shape index (κ2) is 4.10. The van der Waals surface area contributed by atoms with Gasteiger partial charge in [-0.2, -0.15) is 0 Å². The Bertz CT molecular complexity index is 375. The number of hydrogen-bond acceptors (Lipinski definition) is 2. The van der Waals surface area contributed by atoms with E-state index in [4.69, 9.17) is 5.73 Å². The van der Waals surface area contributed by atoms with Crippen molar-refractivity contribution in [3.8, 4) is 0 Å². The third kappa shape index (κ3) is 1.61. The summed E-state index contributed by atoms with van der Waals surface area (Å²) in [5, 5.41) is 3.68. The van der Waals surface area contributed by atoms with E-state index in [0.717, 1.165) is 17.5 Å². The Kier molecular flexibility index (Phi) is 2.60. The van der Waals surface area contributed by atoms with E-state index < -0.39 is 0 Å². The molecular weight excluding hydrogens is 196 g/mol. The van der Waals surface area contributed by atoms with Crippen molar-refractivity contribution >= 4 is 5.69 Å². The molecule has 1 aliphatic carbocycles. The maximum atomic E-state index is 6.08. The van der Waals surface area contributed by atoms with E-state index >= 15 is 0 Å². The zero-order valence-corrected chi connectivity index (χ0v) is 9.65. The van der Waals surface area contributed by atoms with Crippen molar-refractivity contribution in [2.24, 2.45) is 11.8 Å². The van der Waals surface area contributed by atoms with Gasteiger partial charge >= 0.3 is 0 Å². The van der Waals surface area contributed by atoms with Crippen LogP contribution in [0.5, 0.6) is 0 Å². The van der Waals surface area contributed by atoms with Gasteiger partial charge in [-0.3, -0.25) is 0 Å². The lowest BCUT2D eigenvalue weighted by Gasteiger charge is -2.29. The van der Waals surface area contributed by atoms with Crippen molar-refractivity contribution in [2.45, 2.75) is 31.7 Å². The van der Waals surface area contributed by atoms with Gasteiger partial charge < -0.3 is 11.1 Å². The smallest absolute Gasteiger partial charge is 0.0372 e. The van der Waals surface area contributed by atoms with Crippen LogP contribution in [-0.4, -0.2) is 6.54 Å². The topological polar surface area (TPSA) is 38.0 Å². The van der Waals surface area contributed by atoms with Crippen LogP contribution >= 0.6 is 0 Å². The zero-order valence-electron chi connectivity index (χ0n) is 9.65. The molecule has 2 aliphatic rings. The zero-order chi connectivity index (χ0) is 11.0. The Labute approximate surface area is 97.2 Å². The van der Waals surface area contributed by atoms with Gasteiger partial charge in [0, 0.05) is 11.7 Å². The number of para-hydroxylation sites is 1. The maximum Gasteiger partial charge on any atom is 0.0372 e. The summed E-state index contributed by atoms with van der Waals surface area (Å²) >= 11 is 0. The fourth-order valence-corrected chi connectivity index (χ4v) is 3.49. The van der Waals surface area contributed by atoms with Gasteiger partial charge in [-0.15, -0.1) is 0 Å². The van der Waals surface area contributed by atoms with E-state index in [2.05, 4.69) is 17.4 Å². The molecule has 3 atom stereocenters. The molecule has 1 aromatic rings. The molecule has 1 saturated carbocycles. The van der Waals surface area contributed by atoms with Crippen LogP contribution < -0.4 is 11.1 Å². The first-order chi connectivity index (χ1) is 7.86. The Morgan fingerprint density at radius 3 is 2.81 bits per heavy atom. The lowest BCUT2D eigenvalue weighted by molar-refractivity contribution is 0.267. The van der Waals surface area contributed by atoms with Crippen molar-refractivity contribution in [1.82, 2.24) is 5.32 Å². The van der Waals surface area contributed by atoms with E-state index in [9.17, 15) is 0 Å². The minimum Gasteiger partial charge on any atom is -0.398 e. The van der Waals surface area contributed by atoms with Gasteiger partial charge in [0.1, 0.15) is 0 Å². The number of hydrogen-bond donors (Lipinski definition) is 2. The van der Waals surface area contributed by atoms with Crippen LogP contribution in [0.2, 0.25) is 0 Å². The van der Waals surface area contributed by atoms with E-state index in [1.54, 1.807) is 0 Å². The molecule has 1 heterocycles. The summed E-state index contributed by atoms with van der Waals surface area (Å²) in [6, 6.07) is 8.83. The van der Waals surface area contributed by atoms with Gasteiger partial charge in [0.2, 0.25) is 0 Å². The van der Waals surface area contributed by atoms with E-state index in [0.29, 0.717) is 6.04 Å². The third-order valence-electron chi connectivity index (χ3n) is 4.33. The van der Waals surface area contributed by atoms with Crippen LogP contribution in [0.3, 0.4) is 0 Å². The van der Waals surface area contributed by atoms with Crippen LogP contribution in [0.15, 0.2) is 24.3 Å². The van der Waals surface area contributed by atoms with Crippen LogP contribution in [0.4, 0.5) is 5.69 Å². The SMILES string of the molecule is Nc1ccccc1C1NCC2CCCCC21. The van der Waals surface area contributed by atoms with Crippen LogP contribution in [0.25, 0.3) is 0 Å². The van der Waals surface area contributed by atoms with Gasteiger partial charge in [0.15, 0.2) is 0 Å². The number of rotatable bonds is 1. The number of nitrogen functional groups attached to an aromatic ring is 1. The molecule has 2 fully saturated rings. The highest BCUT2D eigenvalue weighted by molar-refractivity contribution is 5.48. The molecule has 1 saturated heterocycles. The first-order valence-corrected chi connectivity index (χ1v) is 6.44. The van der Waals surface area contributed by atoms with E-state index in [1.165, 1.54) is 37.8 Å². The van der Waals surface area contributed by atoms with E-state index in [1.807, 2.05) is 12.1 Å². The summed E-state index contributed by atoms with van der Waals surface area (Å²) in [5.74, 6) is 1.71. The molecule has 0 radical (unpaired) electrons. The molecule has 0 spiro atoms. The van der Waals surface area contributed by atoms with Crippen molar-refractivity contribution in [1.29, 1.82) is 0 Å². The molecule has 16 heavy (non-hydrogen) atoms. The fraction of sp³-hybridized carbons (Fsp3) is 0.571. The molecule has 2 nitrogen and oxygen atoms in total. The van der Waals surface area contributed by atoms with Crippen LogP contribution in [0, 0.1) is 11.8 Å². The van der Waals surface area contributed by atoms with Crippen molar-refractivity contribution < 1.29 is 0 Å². The second-order valence-electron chi connectivity index (χ2n) is 5.22.